The number of sulfonamides is 1. The minimum atomic E-state index is -4.20. The van der Waals surface area contributed by atoms with E-state index in [1.54, 1.807) is 0 Å². The van der Waals surface area contributed by atoms with E-state index < -0.39 is 40.2 Å². The summed E-state index contributed by atoms with van der Waals surface area (Å²) in [5, 5.41) is 19.1. The van der Waals surface area contributed by atoms with Crippen LogP contribution < -0.4 is 4.74 Å². The minimum Gasteiger partial charge on any atom is -0.480 e. The number of ether oxygens (including phenoxy) is 1. The number of aliphatic carboxylic acids is 1. The Hall–Kier alpha value is -3.18. The number of carboxylic acid groups (broad SMARTS) is 2. The third kappa shape index (κ3) is 3.93. The van der Waals surface area contributed by atoms with Crippen LogP contribution in [0.2, 0.25) is 0 Å². The molecule has 2 N–H and O–H groups in total. The lowest BCUT2D eigenvalue weighted by Crippen LogP contribution is -2.64. The maximum absolute atomic E-state index is 13.2. The first kappa shape index (κ1) is 21.1. The molecule has 11 heteroatoms. The number of hydrogen-bond acceptors (Lipinski definition) is 6. The molecular formula is C20H21N3O7S. The van der Waals surface area contributed by atoms with Crippen LogP contribution in [0, 0.1) is 0 Å². The molecule has 1 aromatic carbocycles. The number of pyridine rings is 1. The molecule has 2 aromatic rings. The van der Waals surface area contributed by atoms with Gasteiger partial charge in [-0.3, -0.25) is 9.69 Å². The van der Waals surface area contributed by atoms with Gasteiger partial charge in [-0.1, -0.05) is 30.3 Å². The van der Waals surface area contributed by atoms with Crippen molar-refractivity contribution in [2.45, 2.75) is 42.5 Å². The average Bonchev–Trinajstić information content (AvgIpc) is 3.06. The van der Waals surface area contributed by atoms with Crippen LogP contribution in [0.4, 0.5) is 4.79 Å². The van der Waals surface area contributed by atoms with Gasteiger partial charge in [0.05, 0.1) is 12.2 Å². The van der Waals surface area contributed by atoms with Gasteiger partial charge in [0.1, 0.15) is 17.5 Å². The van der Waals surface area contributed by atoms with Crippen molar-refractivity contribution in [1.29, 1.82) is 0 Å². The van der Waals surface area contributed by atoms with Gasteiger partial charge < -0.3 is 14.9 Å². The number of carbonyl (C=O) groups is 2. The lowest BCUT2D eigenvalue weighted by molar-refractivity contribution is -0.144. The summed E-state index contributed by atoms with van der Waals surface area (Å²) < 4.78 is 32.9. The fraction of sp³-hybridized carbons (Fsp3) is 0.350. The molecule has 2 bridgehead atoms. The van der Waals surface area contributed by atoms with Crippen LogP contribution in [0.5, 0.6) is 5.88 Å². The topological polar surface area (TPSA) is 137 Å². The Morgan fingerprint density at radius 1 is 1.10 bits per heavy atom. The second-order valence-electron chi connectivity index (χ2n) is 7.45. The molecule has 0 radical (unpaired) electrons. The zero-order valence-corrected chi connectivity index (χ0v) is 17.2. The Morgan fingerprint density at radius 3 is 2.45 bits per heavy atom. The van der Waals surface area contributed by atoms with Crippen LogP contribution in [-0.4, -0.2) is 69.6 Å². The Morgan fingerprint density at radius 2 is 1.84 bits per heavy atom. The molecule has 1 aromatic heterocycles. The number of fused-ring (bicyclic) bond motifs is 2. The maximum atomic E-state index is 13.2. The summed E-state index contributed by atoms with van der Waals surface area (Å²) in [5.41, 5.74) is 0.928. The Balaban J connectivity index is 1.55. The van der Waals surface area contributed by atoms with Crippen molar-refractivity contribution in [3.63, 3.8) is 0 Å². The molecule has 31 heavy (non-hydrogen) atoms. The number of hydrogen-bond donors (Lipinski definition) is 2. The normalized spacial score (nSPS) is 23.5. The molecule has 2 aliphatic heterocycles. The Kier molecular flexibility index (Phi) is 5.54. The monoisotopic (exact) mass is 447 g/mol. The summed E-state index contributed by atoms with van der Waals surface area (Å²) in [6.07, 6.45) is 0.597. The van der Waals surface area contributed by atoms with E-state index in [0.29, 0.717) is 12.8 Å². The van der Waals surface area contributed by atoms with Crippen molar-refractivity contribution in [1.82, 2.24) is 14.2 Å². The summed E-state index contributed by atoms with van der Waals surface area (Å²) in [4.78, 5) is 28.4. The zero-order valence-electron chi connectivity index (χ0n) is 16.4. The summed E-state index contributed by atoms with van der Waals surface area (Å²) in [6, 6.07) is 9.13. The molecule has 2 saturated heterocycles. The second-order valence-corrected chi connectivity index (χ2v) is 9.34. The van der Waals surface area contributed by atoms with Crippen LogP contribution >= 0.6 is 0 Å². The van der Waals surface area contributed by atoms with Crippen LogP contribution in [0.1, 0.15) is 18.4 Å². The molecule has 3 atom stereocenters. The van der Waals surface area contributed by atoms with Gasteiger partial charge in [-0.15, -0.1) is 0 Å². The molecule has 0 aliphatic carbocycles. The maximum Gasteiger partial charge on any atom is 0.407 e. The van der Waals surface area contributed by atoms with Gasteiger partial charge in [0.2, 0.25) is 15.9 Å². The van der Waals surface area contributed by atoms with E-state index in [-0.39, 0.29) is 23.9 Å². The molecule has 2 aliphatic rings. The highest BCUT2D eigenvalue weighted by Crippen LogP contribution is 2.37. The zero-order chi connectivity index (χ0) is 22.2. The minimum absolute atomic E-state index is 0.172. The third-order valence-electron chi connectivity index (χ3n) is 5.63. The molecule has 2 fully saturated rings. The van der Waals surface area contributed by atoms with E-state index in [4.69, 9.17) is 4.74 Å². The van der Waals surface area contributed by atoms with Gasteiger partial charge in [-0.2, -0.15) is 4.31 Å². The highest BCUT2D eigenvalue weighted by molar-refractivity contribution is 7.89. The van der Waals surface area contributed by atoms with Crippen LogP contribution in [0.25, 0.3) is 0 Å². The SMILES string of the molecule is O=C(O)[C@@H]1C2CC[C@H](CN1S(=O)(=O)c1ccc(OCc3ccccc3)nc1)N2C(=O)O. The van der Waals surface area contributed by atoms with Gasteiger partial charge in [0.25, 0.3) is 0 Å². The highest BCUT2D eigenvalue weighted by Gasteiger charge is 2.55. The molecule has 3 heterocycles. The van der Waals surface area contributed by atoms with Gasteiger partial charge in [0, 0.05) is 18.7 Å². The van der Waals surface area contributed by atoms with Crippen molar-refractivity contribution in [2.24, 2.45) is 0 Å². The quantitative estimate of drug-likeness (QED) is 0.682. The molecule has 4 rings (SSSR count). The number of benzene rings is 1. The van der Waals surface area contributed by atoms with Crippen molar-refractivity contribution in [3.05, 3.63) is 54.2 Å². The molecule has 0 spiro atoms. The largest absolute Gasteiger partial charge is 0.480 e. The summed E-state index contributed by atoms with van der Waals surface area (Å²) >= 11 is 0. The predicted molar refractivity (Wildman–Crippen MR) is 107 cm³/mol. The van der Waals surface area contributed by atoms with E-state index in [1.165, 1.54) is 12.1 Å². The van der Waals surface area contributed by atoms with Gasteiger partial charge in [-0.25, -0.2) is 18.2 Å². The summed E-state index contributed by atoms with van der Waals surface area (Å²) in [6.45, 7) is 0.0515. The fourth-order valence-corrected chi connectivity index (χ4v) is 5.81. The molecule has 10 nitrogen and oxygen atoms in total. The first-order chi connectivity index (χ1) is 14.8. The van der Waals surface area contributed by atoms with E-state index in [9.17, 15) is 28.2 Å². The lowest BCUT2D eigenvalue weighted by Gasteiger charge is -2.42. The van der Waals surface area contributed by atoms with Crippen molar-refractivity contribution >= 4 is 22.1 Å². The third-order valence-corrected chi connectivity index (χ3v) is 7.46. The lowest BCUT2D eigenvalue weighted by atomic mass is 10.1. The van der Waals surface area contributed by atoms with E-state index in [0.717, 1.165) is 21.0 Å². The van der Waals surface area contributed by atoms with Gasteiger partial charge in [-0.05, 0) is 24.5 Å². The number of amides is 1. The number of aromatic nitrogens is 1. The summed E-state index contributed by atoms with van der Waals surface area (Å²) in [7, 11) is -4.20. The number of nitrogens with zero attached hydrogens (tertiary/aromatic N) is 3. The van der Waals surface area contributed by atoms with E-state index in [1.807, 2.05) is 30.3 Å². The first-order valence-electron chi connectivity index (χ1n) is 9.67. The first-order valence-corrected chi connectivity index (χ1v) is 11.1. The molecule has 0 saturated carbocycles. The van der Waals surface area contributed by atoms with Crippen molar-refractivity contribution in [3.8, 4) is 5.88 Å². The van der Waals surface area contributed by atoms with E-state index >= 15 is 0 Å². The van der Waals surface area contributed by atoms with Crippen LogP contribution in [0.15, 0.2) is 53.6 Å². The van der Waals surface area contributed by atoms with Crippen molar-refractivity contribution in [2.75, 3.05) is 6.54 Å². The molecular weight excluding hydrogens is 426 g/mol. The molecule has 1 unspecified atom stereocenters. The average molecular weight is 447 g/mol. The van der Waals surface area contributed by atoms with Crippen molar-refractivity contribution < 1.29 is 33.0 Å². The van der Waals surface area contributed by atoms with Crippen LogP contribution in [-0.2, 0) is 21.4 Å². The highest BCUT2D eigenvalue weighted by atomic mass is 32.2. The second kappa shape index (κ2) is 8.16. The number of carboxylic acids is 1. The molecule has 1 amide bonds. The van der Waals surface area contributed by atoms with Crippen LogP contribution in [0.3, 0.4) is 0 Å². The Labute approximate surface area is 178 Å². The number of rotatable bonds is 6. The van der Waals surface area contributed by atoms with E-state index in [2.05, 4.69) is 4.98 Å². The number of piperazine rings is 1. The predicted octanol–water partition coefficient (Wildman–Crippen LogP) is 1.63. The summed E-state index contributed by atoms with van der Waals surface area (Å²) in [5.74, 6) is -1.15. The molecule has 164 valence electrons. The fourth-order valence-electron chi connectivity index (χ4n) is 4.22. The van der Waals surface area contributed by atoms with Gasteiger partial charge >= 0.3 is 12.1 Å². The van der Waals surface area contributed by atoms with Gasteiger partial charge in [0.15, 0.2) is 0 Å². The standard InChI is InChI=1S/C20H21N3O7S/c24-19(25)18-16-8-6-14(23(16)20(26)27)11-22(18)31(28,29)15-7-9-17(21-10-15)30-12-13-4-2-1-3-5-13/h1-5,7,9-10,14,16,18H,6,8,11-12H2,(H,24,25)(H,26,27)/t14-,16?,18+/m1/s1. The Bertz CT molecular complexity index is 1080. The smallest absolute Gasteiger partial charge is 0.407 e.